The van der Waals surface area contributed by atoms with Crippen LogP contribution in [0.3, 0.4) is 0 Å². The van der Waals surface area contributed by atoms with Crippen LogP contribution in [0.1, 0.15) is 61.2 Å². The maximum absolute atomic E-state index is 4.50. The summed E-state index contributed by atoms with van der Waals surface area (Å²) >= 11 is 0. The molecule has 0 bridgehead atoms. The van der Waals surface area contributed by atoms with E-state index >= 15 is 0 Å². The molecule has 0 aromatic carbocycles. The first-order chi connectivity index (χ1) is 9.79. The Balaban J connectivity index is 2.29. The van der Waals surface area contributed by atoms with Crippen molar-refractivity contribution < 1.29 is 0 Å². The first-order valence-electron chi connectivity index (χ1n) is 7.41. The van der Waals surface area contributed by atoms with Crippen LogP contribution < -0.4 is 5.32 Å². The fraction of sp³-hybridized carbons (Fsp3) is 0.562. The van der Waals surface area contributed by atoms with Gasteiger partial charge in [-0.1, -0.05) is 13.8 Å². The topological polar surface area (TPSA) is 55.6 Å². The van der Waals surface area contributed by atoms with E-state index in [1.54, 1.807) is 0 Å². The summed E-state index contributed by atoms with van der Waals surface area (Å²) in [6, 6.07) is 2.20. The molecular weight excluding hydrogens is 262 g/mol. The molecule has 0 saturated carbocycles. The van der Waals surface area contributed by atoms with Crippen LogP contribution in [0, 0.1) is 20.8 Å². The van der Waals surface area contributed by atoms with Crippen molar-refractivity contribution in [3.05, 3.63) is 34.5 Å². The van der Waals surface area contributed by atoms with E-state index in [1.807, 2.05) is 31.6 Å². The van der Waals surface area contributed by atoms with Crippen molar-refractivity contribution in [2.75, 3.05) is 5.32 Å². The second-order valence-electron chi connectivity index (χ2n) is 5.95. The Morgan fingerprint density at radius 2 is 1.76 bits per heavy atom. The number of anilines is 1. The molecule has 5 nitrogen and oxygen atoms in total. The third-order valence-corrected chi connectivity index (χ3v) is 3.81. The quantitative estimate of drug-likeness (QED) is 0.936. The Morgan fingerprint density at radius 1 is 1.10 bits per heavy atom. The van der Waals surface area contributed by atoms with Crippen molar-refractivity contribution in [2.45, 2.75) is 53.5 Å². The van der Waals surface area contributed by atoms with E-state index in [1.165, 1.54) is 11.3 Å². The summed E-state index contributed by atoms with van der Waals surface area (Å²) in [5.74, 6) is 2.07. The smallest absolute Gasteiger partial charge is 0.130 e. The number of aryl methyl sites for hydroxylation is 3. The van der Waals surface area contributed by atoms with Crippen molar-refractivity contribution in [3.63, 3.8) is 0 Å². The van der Waals surface area contributed by atoms with Crippen molar-refractivity contribution in [3.8, 4) is 0 Å². The largest absolute Gasteiger partial charge is 0.363 e. The lowest BCUT2D eigenvalue weighted by Crippen LogP contribution is -2.12. The summed E-state index contributed by atoms with van der Waals surface area (Å²) in [5.41, 5.74) is 4.55. The van der Waals surface area contributed by atoms with Gasteiger partial charge < -0.3 is 5.32 Å². The lowest BCUT2D eigenvalue weighted by atomic mass is 10.1. The first kappa shape index (κ1) is 15.5. The summed E-state index contributed by atoms with van der Waals surface area (Å²) in [7, 11) is 1.98. The van der Waals surface area contributed by atoms with Crippen molar-refractivity contribution in [1.29, 1.82) is 0 Å². The number of rotatable bonds is 4. The van der Waals surface area contributed by atoms with E-state index in [2.05, 4.69) is 48.1 Å². The van der Waals surface area contributed by atoms with Crippen molar-refractivity contribution in [1.82, 2.24) is 19.7 Å². The maximum Gasteiger partial charge on any atom is 0.130 e. The molecule has 0 aliphatic carbocycles. The maximum atomic E-state index is 4.50. The van der Waals surface area contributed by atoms with Crippen LogP contribution in [0.4, 0.5) is 5.82 Å². The Labute approximate surface area is 126 Å². The summed E-state index contributed by atoms with van der Waals surface area (Å²) in [4.78, 5) is 8.98. The highest BCUT2D eigenvalue weighted by atomic mass is 15.3. The summed E-state index contributed by atoms with van der Waals surface area (Å²) < 4.78 is 1.92. The zero-order chi connectivity index (χ0) is 15.7. The second kappa shape index (κ2) is 5.84. The van der Waals surface area contributed by atoms with Crippen LogP contribution in [-0.4, -0.2) is 19.7 Å². The lowest BCUT2D eigenvalue weighted by molar-refractivity contribution is 0.728. The van der Waals surface area contributed by atoms with Gasteiger partial charge in [0.1, 0.15) is 11.6 Å². The lowest BCUT2D eigenvalue weighted by Gasteiger charge is -2.17. The molecule has 2 rings (SSSR count). The van der Waals surface area contributed by atoms with Gasteiger partial charge in [-0.2, -0.15) is 5.10 Å². The van der Waals surface area contributed by atoms with Crippen LogP contribution in [0.15, 0.2) is 6.07 Å². The third kappa shape index (κ3) is 3.23. The number of hydrogen-bond acceptors (Lipinski definition) is 4. The third-order valence-electron chi connectivity index (χ3n) is 3.81. The van der Waals surface area contributed by atoms with E-state index in [9.17, 15) is 0 Å². The van der Waals surface area contributed by atoms with E-state index in [0.717, 1.165) is 23.0 Å². The average molecular weight is 287 g/mol. The molecule has 5 heteroatoms. The van der Waals surface area contributed by atoms with Gasteiger partial charge in [0.05, 0.1) is 11.7 Å². The summed E-state index contributed by atoms with van der Waals surface area (Å²) in [5, 5.41) is 7.97. The Morgan fingerprint density at radius 3 is 2.29 bits per heavy atom. The van der Waals surface area contributed by atoms with Gasteiger partial charge in [-0.25, -0.2) is 9.97 Å². The molecule has 0 fully saturated rings. The highest BCUT2D eigenvalue weighted by Crippen LogP contribution is 2.25. The first-order valence-corrected chi connectivity index (χ1v) is 7.41. The van der Waals surface area contributed by atoms with Gasteiger partial charge in [-0.15, -0.1) is 0 Å². The number of nitrogens with one attached hydrogen (secondary N) is 1. The zero-order valence-corrected chi connectivity index (χ0v) is 14.0. The van der Waals surface area contributed by atoms with Gasteiger partial charge in [-0.3, -0.25) is 4.68 Å². The SMILES string of the molecule is Cc1nc(N[C@@H](C)c2c(C)nn(C)c2C)cc(C(C)C)n1. The molecule has 0 radical (unpaired) electrons. The van der Waals surface area contributed by atoms with Gasteiger partial charge in [0.15, 0.2) is 0 Å². The minimum absolute atomic E-state index is 0.160. The van der Waals surface area contributed by atoms with E-state index in [0.29, 0.717) is 5.92 Å². The Bertz CT molecular complexity index is 642. The zero-order valence-electron chi connectivity index (χ0n) is 14.0. The molecule has 1 atom stereocenters. The summed E-state index contributed by atoms with van der Waals surface area (Å²) in [6.45, 7) is 12.5. The standard InChI is InChI=1S/C16H25N5/c1-9(2)14-8-15(19-13(6)18-14)17-10(3)16-11(4)20-21(7)12(16)5/h8-10H,1-7H3,(H,17,18,19)/t10-/m0/s1. The molecule has 21 heavy (non-hydrogen) atoms. The Kier molecular flexibility index (Phi) is 4.30. The second-order valence-corrected chi connectivity index (χ2v) is 5.95. The summed E-state index contributed by atoms with van der Waals surface area (Å²) in [6.07, 6.45) is 0. The van der Waals surface area contributed by atoms with E-state index in [-0.39, 0.29) is 6.04 Å². The molecule has 0 amide bonds. The predicted octanol–water partition coefficient (Wildman–Crippen LogP) is 3.43. The van der Waals surface area contributed by atoms with Crippen LogP contribution in [0.2, 0.25) is 0 Å². The Hall–Kier alpha value is -1.91. The van der Waals surface area contributed by atoms with Gasteiger partial charge >= 0.3 is 0 Å². The highest BCUT2D eigenvalue weighted by molar-refractivity contribution is 5.42. The van der Waals surface area contributed by atoms with Gasteiger partial charge in [0.2, 0.25) is 0 Å². The van der Waals surface area contributed by atoms with E-state index in [4.69, 9.17) is 0 Å². The van der Waals surface area contributed by atoms with Gasteiger partial charge in [0, 0.05) is 30.1 Å². The molecule has 114 valence electrons. The van der Waals surface area contributed by atoms with Crippen molar-refractivity contribution >= 4 is 5.82 Å². The van der Waals surface area contributed by atoms with Gasteiger partial charge in [0.25, 0.3) is 0 Å². The minimum Gasteiger partial charge on any atom is -0.363 e. The molecule has 0 unspecified atom stereocenters. The van der Waals surface area contributed by atoms with Crippen LogP contribution in [0.25, 0.3) is 0 Å². The fourth-order valence-electron chi connectivity index (χ4n) is 2.67. The number of hydrogen-bond donors (Lipinski definition) is 1. The van der Waals surface area contributed by atoms with E-state index < -0.39 is 0 Å². The van der Waals surface area contributed by atoms with Gasteiger partial charge in [-0.05, 0) is 33.6 Å². The average Bonchev–Trinajstić information content (AvgIpc) is 2.62. The normalized spacial score (nSPS) is 12.8. The number of aromatic nitrogens is 4. The molecule has 0 spiro atoms. The molecule has 2 heterocycles. The molecule has 2 aromatic rings. The van der Waals surface area contributed by atoms with Crippen LogP contribution in [0.5, 0.6) is 0 Å². The molecule has 0 aliphatic rings. The molecular formula is C16H25N5. The molecule has 0 aliphatic heterocycles. The van der Waals surface area contributed by atoms with Crippen molar-refractivity contribution in [2.24, 2.45) is 7.05 Å². The van der Waals surface area contributed by atoms with Crippen LogP contribution >= 0.6 is 0 Å². The molecule has 2 aromatic heterocycles. The fourth-order valence-corrected chi connectivity index (χ4v) is 2.67. The highest BCUT2D eigenvalue weighted by Gasteiger charge is 2.17. The minimum atomic E-state index is 0.160. The van der Waals surface area contributed by atoms with Crippen LogP contribution in [-0.2, 0) is 7.05 Å². The molecule has 1 N–H and O–H groups in total. The number of nitrogens with zero attached hydrogens (tertiary/aromatic N) is 4. The monoisotopic (exact) mass is 287 g/mol. The predicted molar refractivity (Wildman–Crippen MR) is 85.6 cm³/mol. The molecule has 0 saturated heterocycles.